The lowest BCUT2D eigenvalue weighted by Crippen LogP contribution is -2.43. The molecule has 8 heteroatoms. The Morgan fingerprint density at radius 1 is 1.03 bits per heavy atom. The van der Waals surface area contributed by atoms with Gasteiger partial charge < -0.3 is 10.1 Å². The number of esters is 1. The van der Waals surface area contributed by atoms with Gasteiger partial charge in [0.25, 0.3) is 0 Å². The third-order valence-electron chi connectivity index (χ3n) is 5.24. The average molecular weight is 457 g/mol. The van der Waals surface area contributed by atoms with E-state index in [2.05, 4.69) is 5.32 Å². The van der Waals surface area contributed by atoms with Crippen LogP contribution < -0.4 is 5.32 Å². The number of nitrogens with one attached hydrogen (secondary N) is 1. The molecule has 6 nitrogen and oxygen atoms in total. The van der Waals surface area contributed by atoms with E-state index in [1.54, 1.807) is 60.7 Å². The van der Waals surface area contributed by atoms with Crippen molar-refractivity contribution in [1.82, 2.24) is 4.31 Å². The van der Waals surface area contributed by atoms with Crippen molar-refractivity contribution in [2.75, 3.05) is 19.0 Å². The molecule has 3 aromatic rings. The summed E-state index contributed by atoms with van der Waals surface area (Å²) in [6.07, 6.45) is -0.0873. The summed E-state index contributed by atoms with van der Waals surface area (Å²) in [6, 6.07) is 21.0. The van der Waals surface area contributed by atoms with Crippen LogP contribution in [0, 0.1) is 0 Å². The fourth-order valence-corrected chi connectivity index (χ4v) is 5.42. The van der Waals surface area contributed by atoms with E-state index in [1.165, 1.54) is 11.4 Å². The number of carbonyl (C=O) groups is 1. The van der Waals surface area contributed by atoms with Crippen LogP contribution in [-0.4, -0.2) is 32.3 Å². The molecule has 0 aliphatic carbocycles. The molecule has 1 aliphatic rings. The number of carbonyl (C=O) groups excluding carboxylic acids is 1. The zero-order valence-electron chi connectivity index (χ0n) is 16.8. The number of sulfonamides is 1. The standard InChI is InChI=1S/C23H21ClN2O4S/c1-30-23(27)18-10-8-17(9-11-18)22-25-20-4-2-3-5-21(20)31(28,29)26(22)15-14-16-6-12-19(24)13-7-16/h2-13,22,25H,14-15H2,1H3/t22-/m0/s1. The number of hydrogen-bond acceptors (Lipinski definition) is 5. The first kappa shape index (κ1) is 21.4. The Hall–Kier alpha value is -2.87. The molecular formula is C23H21ClN2O4S. The summed E-state index contributed by atoms with van der Waals surface area (Å²) in [5.74, 6) is -0.444. The highest BCUT2D eigenvalue weighted by Crippen LogP contribution is 2.38. The first-order chi connectivity index (χ1) is 14.9. The van der Waals surface area contributed by atoms with Crippen LogP contribution in [0.5, 0.6) is 0 Å². The highest BCUT2D eigenvalue weighted by molar-refractivity contribution is 7.89. The van der Waals surface area contributed by atoms with Crippen molar-refractivity contribution in [1.29, 1.82) is 0 Å². The molecule has 1 aliphatic heterocycles. The molecule has 0 fully saturated rings. The van der Waals surface area contributed by atoms with Gasteiger partial charge in [-0.3, -0.25) is 0 Å². The Kier molecular flexibility index (Phi) is 6.00. The number of anilines is 1. The first-order valence-electron chi connectivity index (χ1n) is 9.70. The molecule has 0 amide bonds. The van der Waals surface area contributed by atoms with Gasteiger partial charge in [0.1, 0.15) is 11.1 Å². The number of ether oxygens (including phenoxy) is 1. The van der Waals surface area contributed by atoms with E-state index in [0.717, 1.165) is 11.1 Å². The van der Waals surface area contributed by atoms with E-state index in [9.17, 15) is 13.2 Å². The maximum atomic E-state index is 13.5. The normalized spacial score (nSPS) is 17.4. The molecule has 0 radical (unpaired) electrons. The number of rotatable bonds is 5. The topological polar surface area (TPSA) is 75.7 Å². The minimum atomic E-state index is -3.74. The van der Waals surface area contributed by atoms with Crippen LogP contribution >= 0.6 is 11.6 Å². The highest BCUT2D eigenvalue weighted by atomic mass is 35.5. The number of halogens is 1. The largest absolute Gasteiger partial charge is 0.465 e. The molecular weight excluding hydrogens is 436 g/mol. The third kappa shape index (κ3) is 4.30. The summed E-state index contributed by atoms with van der Waals surface area (Å²) in [5, 5.41) is 3.97. The number of nitrogens with zero attached hydrogens (tertiary/aromatic N) is 1. The van der Waals surface area contributed by atoms with Crippen molar-refractivity contribution in [3.63, 3.8) is 0 Å². The molecule has 0 saturated carbocycles. The van der Waals surface area contributed by atoms with Gasteiger partial charge in [-0.1, -0.05) is 48.0 Å². The Labute approximate surface area is 186 Å². The zero-order chi connectivity index (χ0) is 22.0. The molecule has 4 rings (SSSR count). The number of para-hydroxylation sites is 1. The molecule has 160 valence electrons. The molecule has 0 aromatic heterocycles. The second kappa shape index (κ2) is 8.70. The molecule has 31 heavy (non-hydrogen) atoms. The minimum absolute atomic E-state index is 0.244. The summed E-state index contributed by atoms with van der Waals surface area (Å²) in [6.45, 7) is 0.273. The van der Waals surface area contributed by atoms with Gasteiger partial charge in [-0.25, -0.2) is 13.2 Å². The van der Waals surface area contributed by atoms with Crippen LogP contribution in [0.15, 0.2) is 77.7 Å². The Morgan fingerprint density at radius 3 is 2.39 bits per heavy atom. The summed E-state index contributed by atoms with van der Waals surface area (Å²) in [7, 11) is -2.42. The second-order valence-electron chi connectivity index (χ2n) is 7.15. The number of hydrogen-bond donors (Lipinski definition) is 1. The van der Waals surface area contributed by atoms with Crippen LogP contribution in [0.1, 0.15) is 27.7 Å². The first-order valence-corrected chi connectivity index (χ1v) is 11.5. The van der Waals surface area contributed by atoms with Crippen molar-refractivity contribution in [3.8, 4) is 0 Å². The quantitative estimate of drug-likeness (QED) is 0.573. The van der Waals surface area contributed by atoms with Gasteiger partial charge in [0.05, 0.1) is 18.4 Å². The fraction of sp³-hybridized carbons (Fsp3) is 0.174. The fourth-order valence-electron chi connectivity index (χ4n) is 3.60. The predicted molar refractivity (Wildman–Crippen MR) is 120 cm³/mol. The molecule has 1 N–H and O–H groups in total. The lowest BCUT2D eigenvalue weighted by Gasteiger charge is -2.37. The van der Waals surface area contributed by atoms with Crippen molar-refractivity contribution in [3.05, 3.63) is 94.5 Å². The molecule has 0 unspecified atom stereocenters. The van der Waals surface area contributed by atoms with Crippen molar-refractivity contribution in [2.24, 2.45) is 0 Å². The molecule has 3 aromatic carbocycles. The lowest BCUT2D eigenvalue weighted by molar-refractivity contribution is 0.0600. The van der Waals surface area contributed by atoms with E-state index in [4.69, 9.17) is 16.3 Å². The summed E-state index contributed by atoms with van der Waals surface area (Å²) >= 11 is 5.96. The summed E-state index contributed by atoms with van der Waals surface area (Å²) in [5.41, 5.74) is 2.66. The third-order valence-corrected chi connectivity index (χ3v) is 7.41. The van der Waals surface area contributed by atoms with Gasteiger partial charge in [-0.05, 0) is 53.9 Å². The van der Waals surface area contributed by atoms with Gasteiger partial charge in [0.15, 0.2) is 0 Å². The zero-order valence-corrected chi connectivity index (χ0v) is 18.4. The van der Waals surface area contributed by atoms with Gasteiger partial charge in [0.2, 0.25) is 10.0 Å². The minimum Gasteiger partial charge on any atom is -0.465 e. The van der Waals surface area contributed by atoms with E-state index >= 15 is 0 Å². The van der Waals surface area contributed by atoms with E-state index < -0.39 is 22.2 Å². The summed E-state index contributed by atoms with van der Waals surface area (Å²) < 4.78 is 33.2. The van der Waals surface area contributed by atoms with Gasteiger partial charge in [0, 0.05) is 11.6 Å². The van der Waals surface area contributed by atoms with Crippen LogP contribution in [0.4, 0.5) is 5.69 Å². The molecule has 0 bridgehead atoms. The Bertz CT molecular complexity index is 1200. The van der Waals surface area contributed by atoms with Crippen LogP contribution in [-0.2, 0) is 21.2 Å². The lowest BCUT2D eigenvalue weighted by atomic mass is 10.1. The molecule has 0 saturated heterocycles. The number of methoxy groups -OCH3 is 1. The average Bonchev–Trinajstić information content (AvgIpc) is 2.79. The Morgan fingerprint density at radius 2 is 1.71 bits per heavy atom. The predicted octanol–water partition coefficient (Wildman–Crippen LogP) is 4.48. The van der Waals surface area contributed by atoms with E-state index in [0.29, 0.717) is 22.7 Å². The maximum Gasteiger partial charge on any atom is 0.337 e. The van der Waals surface area contributed by atoms with Crippen molar-refractivity contribution in [2.45, 2.75) is 17.5 Å². The highest BCUT2D eigenvalue weighted by Gasteiger charge is 2.38. The van der Waals surface area contributed by atoms with E-state index in [1.807, 2.05) is 12.1 Å². The summed E-state index contributed by atoms with van der Waals surface area (Å²) in [4.78, 5) is 12.0. The molecule has 1 atom stereocenters. The maximum absolute atomic E-state index is 13.5. The van der Waals surface area contributed by atoms with Crippen LogP contribution in [0.3, 0.4) is 0 Å². The Balaban J connectivity index is 1.70. The smallest absolute Gasteiger partial charge is 0.337 e. The van der Waals surface area contributed by atoms with Crippen molar-refractivity contribution < 1.29 is 17.9 Å². The van der Waals surface area contributed by atoms with Gasteiger partial charge in [-0.15, -0.1) is 0 Å². The van der Waals surface area contributed by atoms with Crippen LogP contribution in [0.2, 0.25) is 5.02 Å². The number of fused-ring (bicyclic) bond motifs is 1. The monoisotopic (exact) mass is 456 g/mol. The SMILES string of the molecule is COC(=O)c1ccc([C@H]2Nc3ccccc3S(=O)(=O)N2CCc2ccc(Cl)cc2)cc1. The van der Waals surface area contributed by atoms with Crippen molar-refractivity contribution >= 4 is 33.3 Å². The van der Waals surface area contributed by atoms with Gasteiger partial charge >= 0.3 is 5.97 Å². The molecule has 1 heterocycles. The second-order valence-corrected chi connectivity index (χ2v) is 9.44. The van der Waals surface area contributed by atoms with E-state index in [-0.39, 0.29) is 11.4 Å². The number of benzene rings is 3. The van der Waals surface area contributed by atoms with Crippen LogP contribution in [0.25, 0.3) is 0 Å². The molecule has 0 spiro atoms. The van der Waals surface area contributed by atoms with Gasteiger partial charge in [-0.2, -0.15) is 4.31 Å².